The van der Waals surface area contributed by atoms with Crippen molar-refractivity contribution >= 4 is 11.7 Å². The molecule has 2 N–H and O–H groups in total. The minimum absolute atomic E-state index is 0.253. The third-order valence-electron chi connectivity index (χ3n) is 4.21. The molecule has 26 heavy (non-hydrogen) atoms. The second-order valence-corrected chi connectivity index (χ2v) is 6.36. The molecule has 1 aromatic heterocycles. The average molecular weight is 355 g/mol. The van der Waals surface area contributed by atoms with Crippen LogP contribution in [0.2, 0.25) is 0 Å². The van der Waals surface area contributed by atoms with Crippen LogP contribution in [0.3, 0.4) is 0 Å². The van der Waals surface area contributed by atoms with E-state index in [9.17, 15) is 14.4 Å². The Kier molecular flexibility index (Phi) is 7.74. The summed E-state index contributed by atoms with van der Waals surface area (Å²) in [7, 11) is 0. The number of aromatic amines is 1. The molecule has 0 bridgehead atoms. The predicted octanol–water partition coefficient (Wildman–Crippen LogP) is 2.71. The summed E-state index contributed by atoms with van der Waals surface area (Å²) in [6, 6.07) is 12.7. The van der Waals surface area contributed by atoms with Gasteiger partial charge in [0.15, 0.2) is 0 Å². The number of amides is 1. The van der Waals surface area contributed by atoms with Crippen LogP contribution < -0.4 is 10.9 Å². The molecule has 1 amide bonds. The lowest BCUT2D eigenvalue weighted by Crippen LogP contribution is -2.33. The minimum atomic E-state index is -0.602. The number of Topliss-reactive ketones (excluding diaryl/α,β-unsaturated/α-hetero) is 1. The van der Waals surface area contributed by atoms with E-state index in [0.717, 1.165) is 25.7 Å². The van der Waals surface area contributed by atoms with Gasteiger partial charge in [0, 0.05) is 12.5 Å². The van der Waals surface area contributed by atoms with E-state index in [2.05, 4.69) is 27.6 Å². The molecular weight excluding hydrogens is 330 g/mol. The third kappa shape index (κ3) is 6.63. The first-order valence-electron chi connectivity index (χ1n) is 8.99. The van der Waals surface area contributed by atoms with Gasteiger partial charge in [-0.3, -0.25) is 14.4 Å². The van der Waals surface area contributed by atoms with Crippen molar-refractivity contribution in [2.75, 3.05) is 0 Å². The smallest absolute Gasteiger partial charge is 0.287 e. The second kappa shape index (κ2) is 10.3. The summed E-state index contributed by atoms with van der Waals surface area (Å²) in [5.41, 5.74) is 1.52. The molecule has 6 heteroatoms. The van der Waals surface area contributed by atoms with E-state index in [0.29, 0.717) is 12.1 Å². The average Bonchev–Trinajstić information content (AvgIpc) is 2.65. The van der Waals surface area contributed by atoms with E-state index in [1.807, 2.05) is 18.2 Å². The number of aryl methyl sites for hydroxylation is 1. The standard InChI is InChI=1S/C20H25N3O3/c1-15(17-13-14-19(25)23-22-17)21-20(26)18(24)12-8-3-2-5-9-16-10-6-4-7-11-16/h4,6-7,10-11,13-15H,2-3,5,8-9,12H2,1H3,(H,21,26)(H,23,25)/t15-/m0/s1. The van der Waals surface area contributed by atoms with Gasteiger partial charge in [0.05, 0.1) is 11.7 Å². The lowest BCUT2D eigenvalue weighted by Gasteiger charge is -2.12. The van der Waals surface area contributed by atoms with Crippen LogP contribution in [0.1, 0.15) is 56.3 Å². The zero-order valence-corrected chi connectivity index (χ0v) is 15.0. The molecular formula is C20H25N3O3. The number of benzene rings is 1. The van der Waals surface area contributed by atoms with Crippen molar-refractivity contribution in [3.63, 3.8) is 0 Å². The van der Waals surface area contributed by atoms with Gasteiger partial charge in [-0.1, -0.05) is 43.2 Å². The molecule has 1 atom stereocenters. The summed E-state index contributed by atoms with van der Waals surface area (Å²) in [6.07, 6.45) is 5.07. The van der Waals surface area contributed by atoms with Gasteiger partial charge in [0.2, 0.25) is 5.78 Å². The lowest BCUT2D eigenvalue weighted by atomic mass is 10.0. The first-order valence-corrected chi connectivity index (χ1v) is 8.99. The molecule has 0 aliphatic heterocycles. The maximum absolute atomic E-state index is 11.9. The molecule has 1 heterocycles. The molecule has 0 aliphatic rings. The number of unbranched alkanes of at least 4 members (excludes halogenated alkanes) is 3. The second-order valence-electron chi connectivity index (χ2n) is 6.36. The van der Waals surface area contributed by atoms with Gasteiger partial charge in [-0.15, -0.1) is 0 Å². The number of nitrogens with zero attached hydrogens (tertiary/aromatic N) is 1. The zero-order valence-electron chi connectivity index (χ0n) is 15.0. The van der Waals surface area contributed by atoms with Crippen molar-refractivity contribution in [3.05, 3.63) is 64.1 Å². The van der Waals surface area contributed by atoms with Crippen LogP contribution in [0.25, 0.3) is 0 Å². The fourth-order valence-corrected chi connectivity index (χ4v) is 2.67. The van der Waals surface area contributed by atoms with Crippen LogP contribution >= 0.6 is 0 Å². The highest BCUT2D eigenvalue weighted by Gasteiger charge is 2.17. The summed E-state index contributed by atoms with van der Waals surface area (Å²) in [6.45, 7) is 1.72. The van der Waals surface area contributed by atoms with E-state index in [1.54, 1.807) is 6.92 Å². The number of carbonyl (C=O) groups is 2. The fraction of sp³-hybridized carbons (Fsp3) is 0.400. The number of ketones is 1. The van der Waals surface area contributed by atoms with Gasteiger partial charge in [0.1, 0.15) is 0 Å². The number of hydrogen-bond acceptors (Lipinski definition) is 4. The molecule has 0 radical (unpaired) electrons. The highest BCUT2D eigenvalue weighted by molar-refractivity contribution is 6.36. The topological polar surface area (TPSA) is 91.9 Å². The molecule has 2 aromatic rings. The Morgan fingerprint density at radius 2 is 1.77 bits per heavy atom. The highest BCUT2D eigenvalue weighted by atomic mass is 16.2. The number of hydrogen-bond donors (Lipinski definition) is 2. The zero-order chi connectivity index (χ0) is 18.8. The molecule has 6 nitrogen and oxygen atoms in total. The number of rotatable bonds is 10. The van der Waals surface area contributed by atoms with Gasteiger partial charge < -0.3 is 5.32 Å². The fourth-order valence-electron chi connectivity index (χ4n) is 2.67. The highest BCUT2D eigenvalue weighted by Crippen LogP contribution is 2.10. The Labute approximate surface area is 153 Å². The molecule has 0 unspecified atom stereocenters. The molecule has 0 fully saturated rings. The summed E-state index contributed by atoms with van der Waals surface area (Å²) < 4.78 is 0. The first kappa shape index (κ1) is 19.6. The Balaban J connectivity index is 1.61. The maximum atomic E-state index is 11.9. The quantitative estimate of drug-likeness (QED) is 0.506. The monoisotopic (exact) mass is 355 g/mol. The summed E-state index contributed by atoms with van der Waals surface area (Å²) >= 11 is 0. The lowest BCUT2D eigenvalue weighted by molar-refractivity contribution is -0.138. The first-order chi connectivity index (χ1) is 12.6. The molecule has 0 spiro atoms. The molecule has 0 saturated carbocycles. The number of carbonyl (C=O) groups excluding carboxylic acids is 2. The van der Waals surface area contributed by atoms with Gasteiger partial charge >= 0.3 is 0 Å². The van der Waals surface area contributed by atoms with Crippen LogP contribution in [0.15, 0.2) is 47.3 Å². The van der Waals surface area contributed by atoms with Crippen LogP contribution in [0, 0.1) is 0 Å². The van der Waals surface area contributed by atoms with E-state index < -0.39 is 17.7 Å². The Morgan fingerprint density at radius 1 is 1.04 bits per heavy atom. The normalized spacial score (nSPS) is 11.7. The van der Waals surface area contributed by atoms with Crippen LogP contribution in [-0.2, 0) is 16.0 Å². The van der Waals surface area contributed by atoms with Crippen molar-refractivity contribution in [3.8, 4) is 0 Å². The van der Waals surface area contributed by atoms with Crippen molar-refractivity contribution in [1.29, 1.82) is 0 Å². The summed E-state index contributed by atoms with van der Waals surface area (Å²) in [4.78, 5) is 34.9. The number of nitrogens with one attached hydrogen (secondary N) is 2. The maximum Gasteiger partial charge on any atom is 0.287 e. The SMILES string of the molecule is C[C@H](NC(=O)C(=O)CCCCCCc1ccccc1)c1ccc(=O)[nH]n1. The summed E-state index contributed by atoms with van der Waals surface area (Å²) in [5, 5.41) is 8.77. The van der Waals surface area contributed by atoms with Crippen LogP contribution in [0.4, 0.5) is 0 Å². The van der Waals surface area contributed by atoms with Gasteiger partial charge in [-0.25, -0.2) is 5.10 Å². The molecule has 0 aliphatic carbocycles. The Hall–Kier alpha value is -2.76. The third-order valence-corrected chi connectivity index (χ3v) is 4.21. The Bertz CT molecular complexity index is 751. The van der Waals surface area contributed by atoms with Gasteiger partial charge in [0.25, 0.3) is 11.5 Å². The largest absolute Gasteiger partial charge is 0.341 e. The van der Waals surface area contributed by atoms with Crippen molar-refractivity contribution in [2.45, 2.75) is 51.5 Å². The molecule has 2 rings (SSSR count). The number of aromatic nitrogens is 2. The Morgan fingerprint density at radius 3 is 2.46 bits per heavy atom. The van der Waals surface area contributed by atoms with Crippen LogP contribution in [0.5, 0.6) is 0 Å². The van der Waals surface area contributed by atoms with E-state index in [4.69, 9.17) is 0 Å². The van der Waals surface area contributed by atoms with Crippen LogP contribution in [-0.4, -0.2) is 21.9 Å². The number of H-pyrrole nitrogens is 1. The van der Waals surface area contributed by atoms with Crippen molar-refractivity contribution in [2.24, 2.45) is 0 Å². The molecule has 138 valence electrons. The van der Waals surface area contributed by atoms with Crippen molar-refractivity contribution in [1.82, 2.24) is 15.5 Å². The molecule has 1 aromatic carbocycles. The van der Waals surface area contributed by atoms with Gasteiger partial charge in [-0.2, -0.15) is 5.10 Å². The van der Waals surface area contributed by atoms with E-state index in [-0.39, 0.29) is 12.0 Å². The predicted molar refractivity (Wildman–Crippen MR) is 99.7 cm³/mol. The summed E-state index contributed by atoms with van der Waals surface area (Å²) in [5.74, 6) is -1.01. The van der Waals surface area contributed by atoms with E-state index in [1.165, 1.54) is 17.7 Å². The van der Waals surface area contributed by atoms with Gasteiger partial charge in [-0.05, 0) is 37.8 Å². The minimum Gasteiger partial charge on any atom is -0.341 e. The molecule has 0 saturated heterocycles. The van der Waals surface area contributed by atoms with E-state index >= 15 is 0 Å². The van der Waals surface area contributed by atoms with Crippen molar-refractivity contribution < 1.29 is 9.59 Å².